The van der Waals surface area contributed by atoms with Crippen molar-refractivity contribution in [1.29, 1.82) is 0 Å². The highest BCUT2D eigenvalue weighted by atomic mass is 32.1. The van der Waals surface area contributed by atoms with Gasteiger partial charge in [0.15, 0.2) is 5.13 Å². The number of aromatic nitrogens is 1. The van der Waals surface area contributed by atoms with E-state index >= 15 is 0 Å². The Morgan fingerprint density at radius 2 is 2.09 bits per heavy atom. The molecule has 1 atom stereocenters. The topological polar surface area (TPSA) is 68.0 Å². The molecule has 0 radical (unpaired) electrons. The number of nitrogens with zero attached hydrogens (tertiary/aromatic N) is 1. The van der Waals surface area contributed by atoms with E-state index in [1.807, 2.05) is 0 Å². The van der Waals surface area contributed by atoms with Gasteiger partial charge in [-0.05, 0) is 6.07 Å². The molecule has 2 aromatic rings. The zero-order valence-electron chi connectivity index (χ0n) is 11.6. The van der Waals surface area contributed by atoms with Crippen LogP contribution >= 0.6 is 11.3 Å². The van der Waals surface area contributed by atoms with Crippen LogP contribution in [0.5, 0.6) is 0 Å². The molecule has 1 heterocycles. The monoisotopic (exact) mass is 329 g/mol. The number of nitrogens with one attached hydrogen (secondary N) is 1. The minimum absolute atomic E-state index is 0.0152. The Morgan fingerprint density at radius 1 is 1.41 bits per heavy atom. The molecule has 0 bridgehead atoms. The highest BCUT2D eigenvalue weighted by molar-refractivity contribution is 7.14. The first kappa shape index (κ1) is 16.4. The van der Waals surface area contributed by atoms with E-state index in [-0.39, 0.29) is 28.8 Å². The fourth-order valence-corrected chi connectivity index (χ4v) is 2.46. The first-order valence-corrected chi connectivity index (χ1v) is 7.34. The van der Waals surface area contributed by atoms with Crippen LogP contribution in [0.1, 0.15) is 12.5 Å². The molecular weight excluding hydrogens is 315 g/mol. The molecule has 1 aromatic carbocycles. The molecule has 1 unspecified atom stereocenters. The van der Waals surface area contributed by atoms with Crippen molar-refractivity contribution in [2.75, 3.05) is 11.9 Å². The zero-order chi connectivity index (χ0) is 16.3. The average molecular weight is 329 g/mol. The minimum atomic E-state index is -4.46. The van der Waals surface area contributed by atoms with Crippen molar-refractivity contribution in [2.45, 2.75) is 13.1 Å². The standard InChI is InChI=1S/C14H14F3N3OS/c1-8(6-18)12(21)20-13-19-11(7-22-13)9-4-2-3-5-10(9)14(15,16)17/h2-5,7-8H,6,18H2,1H3,(H,19,20,21). The number of halogens is 3. The fraction of sp³-hybridized carbons (Fsp3) is 0.286. The summed E-state index contributed by atoms with van der Waals surface area (Å²) >= 11 is 1.07. The van der Waals surface area contributed by atoms with Gasteiger partial charge >= 0.3 is 6.18 Å². The van der Waals surface area contributed by atoms with Crippen molar-refractivity contribution >= 4 is 22.4 Å². The Balaban J connectivity index is 2.28. The van der Waals surface area contributed by atoms with E-state index in [4.69, 9.17) is 5.73 Å². The summed E-state index contributed by atoms with van der Waals surface area (Å²) in [5, 5.41) is 4.28. The Morgan fingerprint density at radius 3 is 2.73 bits per heavy atom. The normalized spacial score (nSPS) is 13.0. The van der Waals surface area contributed by atoms with Crippen molar-refractivity contribution in [1.82, 2.24) is 4.98 Å². The highest BCUT2D eigenvalue weighted by Gasteiger charge is 2.33. The summed E-state index contributed by atoms with van der Waals surface area (Å²) in [5.41, 5.74) is 4.79. The number of thiazole rings is 1. The van der Waals surface area contributed by atoms with Crippen LogP contribution in [0.4, 0.5) is 18.3 Å². The van der Waals surface area contributed by atoms with E-state index in [1.54, 1.807) is 6.92 Å². The first-order chi connectivity index (χ1) is 10.3. The molecule has 0 fully saturated rings. The molecule has 0 aliphatic rings. The van der Waals surface area contributed by atoms with Crippen molar-refractivity contribution in [3.8, 4) is 11.3 Å². The van der Waals surface area contributed by atoms with Gasteiger partial charge in [0.25, 0.3) is 0 Å². The van der Waals surface area contributed by atoms with Gasteiger partial charge in [0, 0.05) is 23.4 Å². The highest BCUT2D eigenvalue weighted by Crippen LogP contribution is 2.37. The second kappa shape index (κ2) is 6.45. The Labute approximate surface area is 129 Å². The molecular formula is C14H14F3N3OS. The molecule has 8 heteroatoms. The van der Waals surface area contributed by atoms with Gasteiger partial charge in [-0.2, -0.15) is 13.2 Å². The number of alkyl halides is 3. The van der Waals surface area contributed by atoms with E-state index in [9.17, 15) is 18.0 Å². The third kappa shape index (κ3) is 3.63. The van der Waals surface area contributed by atoms with Crippen molar-refractivity contribution < 1.29 is 18.0 Å². The molecule has 0 saturated heterocycles. The van der Waals surface area contributed by atoms with Crippen LogP contribution < -0.4 is 11.1 Å². The lowest BCUT2D eigenvalue weighted by molar-refractivity contribution is -0.137. The maximum Gasteiger partial charge on any atom is 0.417 e. The fourth-order valence-electron chi connectivity index (χ4n) is 1.74. The van der Waals surface area contributed by atoms with Gasteiger partial charge in [0.1, 0.15) is 0 Å². The van der Waals surface area contributed by atoms with Gasteiger partial charge in [0.05, 0.1) is 11.3 Å². The van der Waals surface area contributed by atoms with Gasteiger partial charge in [-0.1, -0.05) is 25.1 Å². The van der Waals surface area contributed by atoms with Crippen LogP contribution in [0.25, 0.3) is 11.3 Å². The number of carbonyl (C=O) groups is 1. The van der Waals surface area contributed by atoms with E-state index in [1.165, 1.54) is 23.6 Å². The van der Waals surface area contributed by atoms with Gasteiger partial charge in [-0.25, -0.2) is 4.98 Å². The van der Waals surface area contributed by atoms with E-state index in [2.05, 4.69) is 10.3 Å². The van der Waals surface area contributed by atoms with Gasteiger partial charge in [-0.3, -0.25) is 4.79 Å². The van der Waals surface area contributed by atoms with Crippen LogP contribution in [0.2, 0.25) is 0 Å². The second-order valence-corrected chi connectivity index (χ2v) is 5.57. The first-order valence-electron chi connectivity index (χ1n) is 6.46. The molecule has 0 saturated carbocycles. The SMILES string of the molecule is CC(CN)C(=O)Nc1nc(-c2ccccc2C(F)(F)F)cs1. The summed E-state index contributed by atoms with van der Waals surface area (Å²) in [4.78, 5) is 15.8. The maximum absolute atomic E-state index is 13.0. The molecule has 0 aliphatic heterocycles. The number of anilines is 1. The summed E-state index contributed by atoms with van der Waals surface area (Å²) in [6, 6.07) is 5.19. The summed E-state index contributed by atoms with van der Waals surface area (Å²) in [5.74, 6) is -0.706. The number of amides is 1. The molecule has 3 N–H and O–H groups in total. The largest absolute Gasteiger partial charge is 0.417 e. The van der Waals surface area contributed by atoms with E-state index in [0.717, 1.165) is 17.4 Å². The van der Waals surface area contributed by atoms with Gasteiger partial charge < -0.3 is 11.1 Å². The number of rotatable bonds is 4. The molecule has 1 aromatic heterocycles. The Bertz CT molecular complexity index is 669. The van der Waals surface area contributed by atoms with Crippen molar-refractivity contribution in [3.63, 3.8) is 0 Å². The average Bonchev–Trinajstić information content (AvgIpc) is 2.93. The van der Waals surface area contributed by atoms with E-state index < -0.39 is 17.7 Å². The van der Waals surface area contributed by atoms with Crippen molar-refractivity contribution in [2.24, 2.45) is 11.7 Å². The third-order valence-corrected chi connectivity index (χ3v) is 3.80. The van der Waals surface area contributed by atoms with Crippen LogP contribution in [0.15, 0.2) is 29.6 Å². The van der Waals surface area contributed by atoms with Crippen LogP contribution in [0.3, 0.4) is 0 Å². The number of hydrogen-bond acceptors (Lipinski definition) is 4. The van der Waals surface area contributed by atoms with Crippen LogP contribution in [-0.2, 0) is 11.0 Å². The molecule has 4 nitrogen and oxygen atoms in total. The lowest BCUT2D eigenvalue weighted by Gasteiger charge is -2.10. The third-order valence-electron chi connectivity index (χ3n) is 3.04. The lowest BCUT2D eigenvalue weighted by atomic mass is 10.1. The lowest BCUT2D eigenvalue weighted by Crippen LogP contribution is -2.26. The van der Waals surface area contributed by atoms with Gasteiger partial charge in [-0.15, -0.1) is 11.3 Å². The Hall–Kier alpha value is -1.93. The van der Waals surface area contributed by atoms with Crippen molar-refractivity contribution in [3.05, 3.63) is 35.2 Å². The molecule has 0 spiro atoms. The van der Waals surface area contributed by atoms with E-state index in [0.29, 0.717) is 0 Å². The number of carbonyl (C=O) groups excluding carboxylic acids is 1. The quantitative estimate of drug-likeness (QED) is 0.904. The predicted octanol–water partition coefficient (Wildman–Crippen LogP) is 3.36. The predicted molar refractivity (Wildman–Crippen MR) is 79.4 cm³/mol. The summed E-state index contributed by atoms with van der Waals surface area (Å²) < 4.78 is 39.0. The maximum atomic E-state index is 13.0. The summed E-state index contributed by atoms with van der Waals surface area (Å²) in [6.07, 6.45) is -4.46. The van der Waals surface area contributed by atoms with Gasteiger partial charge in [0.2, 0.25) is 5.91 Å². The summed E-state index contributed by atoms with van der Waals surface area (Å²) in [6.45, 7) is 1.84. The minimum Gasteiger partial charge on any atom is -0.330 e. The Kier molecular flexibility index (Phi) is 4.82. The molecule has 1 amide bonds. The number of nitrogens with two attached hydrogens (primary N) is 1. The van der Waals surface area contributed by atoms with Crippen LogP contribution in [-0.4, -0.2) is 17.4 Å². The molecule has 0 aliphatic carbocycles. The number of benzene rings is 1. The molecule has 118 valence electrons. The smallest absolute Gasteiger partial charge is 0.330 e. The second-order valence-electron chi connectivity index (χ2n) is 4.71. The molecule has 22 heavy (non-hydrogen) atoms. The zero-order valence-corrected chi connectivity index (χ0v) is 12.5. The molecule has 2 rings (SSSR count). The number of hydrogen-bond donors (Lipinski definition) is 2. The van der Waals surface area contributed by atoms with Crippen LogP contribution in [0, 0.1) is 5.92 Å². The summed E-state index contributed by atoms with van der Waals surface area (Å²) in [7, 11) is 0.